The lowest BCUT2D eigenvalue weighted by molar-refractivity contribution is 0.316. The molecule has 0 spiro atoms. The van der Waals surface area contributed by atoms with Crippen molar-refractivity contribution in [3.8, 4) is 22.8 Å². The second-order valence-electron chi connectivity index (χ2n) is 9.04. The minimum atomic E-state index is 0.449. The van der Waals surface area contributed by atoms with E-state index < -0.39 is 0 Å². The van der Waals surface area contributed by atoms with Crippen LogP contribution in [0, 0.1) is 13.8 Å². The number of anilines is 1. The van der Waals surface area contributed by atoms with Crippen LogP contribution in [0.25, 0.3) is 33.3 Å². The number of fused-ring (bicyclic) bond motifs is 2. The first kappa shape index (κ1) is 22.7. The first-order chi connectivity index (χ1) is 16.8. The fourth-order valence-electron chi connectivity index (χ4n) is 4.76. The summed E-state index contributed by atoms with van der Waals surface area (Å²) in [5, 5.41) is 1.15. The number of pyridine rings is 1. The largest absolute Gasteiger partial charge is 0.493 e. The minimum Gasteiger partial charge on any atom is -0.493 e. The summed E-state index contributed by atoms with van der Waals surface area (Å²) in [5.41, 5.74) is 14.1. The lowest BCUT2D eigenvalue weighted by Crippen LogP contribution is -2.17. The van der Waals surface area contributed by atoms with Crippen molar-refractivity contribution in [2.24, 2.45) is 0 Å². The molecule has 35 heavy (non-hydrogen) atoms. The van der Waals surface area contributed by atoms with Gasteiger partial charge in [0, 0.05) is 35.2 Å². The Hall–Kier alpha value is -4.04. The average Bonchev–Trinajstić information content (AvgIpc) is 3.40. The molecule has 3 heterocycles. The number of ether oxygens (including phenoxy) is 2. The molecule has 0 atom stereocenters. The van der Waals surface area contributed by atoms with E-state index in [0.29, 0.717) is 11.5 Å². The summed E-state index contributed by atoms with van der Waals surface area (Å²) in [4.78, 5) is 17.9. The molecule has 5 rings (SSSR count). The van der Waals surface area contributed by atoms with E-state index in [1.54, 1.807) is 14.2 Å². The molecule has 0 aliphatic heterocycles. The third kappa shape index (κ3) is 4.40. The molecule has 0 aliphatic rings. The number of nitrogens with two attached hydrogens (primary N) is 1. The lowest BCUT2D eigenvalue weighted by Gasteiger charge is -2.19. The summed E-state index contributed by atoms with van der Waals surface area (Å²) >= 11 is 0. The quantitative estimate of drug-likeness (QED) is 0.311. The first-order valence-corrected chi connectivity index (χ1v) is 11.5. The van der Waals surface area contributed by atoms with Crippen molar-refractivity contribution in [3.63, 3.8) is 0 Å². The zero-order valence-electron chi connectivity index (χ0n) is 20.7. The van der Waals surface area contributed by atoms with Crippen molar-refractivity contribution >= 4 is 27.9 Å². The fraction of sp³-hybridized carbons (Fsp3) is 0.259. The number of rotatable bonds is 7. The van der Waals surface area contributed by atoms with E-state index in [-0.39, 0.29) is 0 Å². The Bertz CT molecular complexity index is 1530. The van der Waals surface area contributed by atoms with Gasteiger partial charge in [0.25, 0.3) is 0 Å². The smallest absolute Gasteiger partial charge is 0.180 e. The Morgan fingerprint density at radius 3 is 2.49 bits per heavy atom. The number of benzene rings is 2. The van der Waals surface area contributed by atoms with Crippen LogP contribution >= 0.6 is 0 Å². The van der Waals surface area contributed by atoms with E-state index in [2.05, 4.69) is 62.2 Å². The van der Waals surface area contributed by atoms with Gasteiger partial charge in [-0.2, -0.15) is 0 Å². The van der Waals surface area contributed by atoms with Crippen molar-refractivity contribution < 1.29 is 9.47 Å². The molecule has 2 aromatic carbocycles. The molecular weight excluding hydrogens is 440 g/mol. The molecule has 3 aromatic heterocycles. The minimum absolute atomic E-state index is 0.449. The molecular formula is C27H30N6O2. The summed E-state index contributed by atoms with van der Waals surface area (Å²) in [6, 6.07) is 14.7. The number of aromatic amines is 2. The van der Waals surface area contributed by atoms with Gasteiger partial charge in [-0.3, -0.25) is 4.90 Å². The van der Waals surface area contributed by atoms with Gasteiger partial charge in [-0.1, -0.05) is 12.1 Å². The lowest BCUT2D eigenvalue weighted by atomic mass is 10.1. The molecule has 0 bridgehead atoms. The Kier molecular flexibility index (Phi) is 5.82. The molecule has 8 heteroatoms. The number of nitrogens with one attached hydrogen (secondary N) is 2. The molecule has 5 aromatic rings. The number of nitrogen functional groups attached to an aromatic ring is 1. The second-order valence-corrected chi connectivity index (χ2v) is 9.04. The highest BCUT2D eigenvalue weighted by Gasteiger charge is 2.14. The third-order valence-corrected chi connectivity index (χ3v) is 6.20. The number of nitrogens with zero attached hydrogens (tertiary/aromatic N) is 3. The van der Waals surface area contributed by atoms with Gasteiger partial charge in [0.1, 0.15) is 11.6 Å². The predicted octanol–water partition coefficient (Wildman–Crippen LogP) is 4.95. The van der Waals surface area contributed by atoms with Crippen molar-refractivity contribution in [2.75, 3.05) is 27.0 Å². The average molecular weight is 471 g/mol. The number of aryl methyl sites for hydroxylation is 2. The number of imidazole rings is 1. The highest BCUT2D eigenvalue weighted by atomic mass is 16.5. The first-order valence-electron chi connectivity index (χ1n) is 11.5. The topological polar surface area (TPSA) is 105 Å². The van der Waals surface area contributed by atoms with Gasteiger partial charge in [-0.25, -0.2) is 9.97 Å². The number of methoxy groups -OCH3 is 2. The van der Waals surface area contributed by atoms with Crippen LogP contribution in [0.2, 0.25) is 0 Å². The molecule has 0 saturated heterocycles. The summed E-state index contributed by atoms with van der Waals surface area (Å²) < 4.78 is 11.0. The summed E-state index contributed by atoms with van der Waals surface area (Å²) in [6.07, 6.45) is 0. The standard InChI is InChI=1S/C27H30N6O2/c1-15-8-18(10-23(34-4)26(15)35-5)14-33(3)13-17-6-7-21-19(9-17)11-22(31-21)20-12-24(28)32-27-25(20)29-16(2)30-27/h6-12,31H,13-14H2,1-5H3,(H3,28,29,30,32). The van der Waals surface area contributed by atoms with Crippen LogP contribution in [0.3, 0.4) is 0 Å². The molecule has 0 aliphatic carbocycles. The zero-order chi connectivity index (χ0) is 24.7. The van der Waals surface area contributed by atoms with Gasteiger partial charge in [-0.05, 0) is 67.9 Å². The summed E-state index contributed by atoms with van der Waals surface area (Å²) in [6.45, 7) is 5.57. The summed E-state index contributed by atoms with van der Waals surface area (Å²) in [7, 11) is 5.46. The zero-order valence-corrected chi connectivity index (χ0v) is 20.7. The molecule has 8 nitrogen and oxygen atoms in total. The highest BCUT2D eigenvalue weighted by molar-refractivity contribution is 5.95. The van der Waals surface area contributed by atoms with Crippen LogP contribution in [0.4, 0.5) is 5.82 Å². The van der Waals surface area contributed by atoms with Crippen LogP contribution in [0.1, 0.15) is 22.5 Å². The maximum atomic E-state index is 6.05. The fourth-order valence-corrected chi connectivity index (χ4v) is 4.76. The van der Waals surface area contributed by atoms with Gasteiger partial charge >= 0.3 is 0 Å². The van der Waals surface area contributed by atoms with Gasteiger partial charge in [0.05, 0.1) is 19.7 Å². The summed E-state index contributed by atoms with van der Waals surface area (Å²) in [5.74, 6) is 2.80. The normalized spacial score (nSPS) is 11.6. The highest BCUT2D eigenvalue weighted by Crippen LogP contribution is 2.33. The van der Waals surface area contributed by atoms with Gasteiger partial charge in [0.2, 0.25) is 0 Å². The van der Waals surface area contributed by atoms with Crippen molar-refractivity contribution in [1.29, 1.82) is 0 Å². The predicted molar refractivity (Wildman–Crippen MR) is 140 cm³/mol. The van der Waals surface area contributed by atoms with E-state index in [0.717, 1.165) is 63.7 Å². The monoisotopic (exact) mass is 470 g/mol. The molecule has 4 N–H and O–H groups in total. The molecule has 0 saturated carbocycles. The Morgan fingerprint density at radius 1 is 0.914 bits per heavy atom. The number of aromatic nitrogens is 4. The Morgan fingerprint density at radius 2 is 1.71 bits per heavy atom. The number of H-pyrrole nitrogens is 2. The number of hydrogen-bond donors (Lipinski definition) is 3. The van der Waals surface area contributed by atoms with E-state index in [9.17, 15) is 0 Å². The molecule has 180 valence electrons. The van der Waals surface area contributed by atoms with Crippen molar-refractivity contribution in [1.82, 2.24) is 24.8 Å². The van der Waals surface area contributed by atoms with Crippen LogP contribution in [0.15, 0.2) is 42.5 Å². The van der Waals surface area contributed by atoms with Gasteiger partial charge in [0.15, 0.2) is 17.1 Å². The van der Waals surface area contributed by atoms with Gasteiger partial charge < -0.3 is 25.2 Å². The maximum absolute atomic E-state index is 6.05. The Balaban J connectivity index is 1.39. The SMILES string of the molecule is COc1cc(CN(C)Cc2ccc3[nH]c(-c4cc(N)nc5nc(C)[nH]c45)cc3c2)cc(C)c1OC. The Labute approximate surface area is 204 Å². The molecule has 0 unspecified atom stereocenters. The van der Waals surface area contributed by atoms with Crippen LogP contribution in [-0.4, -0.2) is 46.1 Å². The van der Waals surface area contributed by atoms with E-state index >= 15 is 0 Å². The van der Waals surface area contributed by atoms with E-state index in [1.165, 1.54) is 11.1 Å². The molecule has 0 amide bonds. The van der Waals surface area contributed by atoms with Crippen LogP contribution in [0.5, 0.6) is 11.5 Å². The van der Waals surface area contributed by atoms with Crippen LogP contribution in [-0.2, 0) is 13.1 Å². The third-order valence-electron chi connectivity index (χ3n) is 6.20. The van der Waals surface area contributed by atoms with Gasteiger partial charge in [-0.15, -0.1) is 0 Å². The molecule has 0 radical (unpaired) electrons. The number of hydrogen-bond acceptors (Lipinski definition) is 6. The van der Waals surface area contributed by atoms with E-state index in [1.807, 2.05) is 26.0 Å². The van der Waals surface area contributed by atoms with Crippen molar-refractivity contribution in [3.05, 3.63) is 65.0 Å². The molecule has 0 fully saturated rings. The van der Waals surface area contributed by atoms with E-state index in [4.69, 9.17) is 15.2 Å². The van der Waals surface area contributed by atoms with Crippen molar-refractivity contribution in [2.45, 2.75) is 26.9 Å². The second kappa shape index (κ2) is 8.96. The van der Waals surface area contributed by atoms with Crippen LogP contribution < -0.4 is 15.2 Å². The maximum Gasteiger partial charge on any atom is 0.180 e.